The number of benzene rings is 1. The van der Waals surface area contributed by atoms with Crippen LogP contribution >= 0.6 is 0 Å². The van der Waals surface area contributed by atoms with Gasteiger partial charge in [0.25, 0.3) is 0 Å². The maximum Gasteiger partial charge on any atom is 0.416 e. The number of hydrogen-bond donors (Lipinski definition) is 1. The van der Waals surface area contributed by atoms with Crippen molar-refractivity contribution in [2.24, 2.45) is 0 Å². The molecule has 15 heavy (non-hydrogen) atoms. The summed E-state index contributed by atoms with van der Waals surface area (Å²) >= 11 is 0. The van der Waals surface area contributed by atoms with E-state index in [4.69, 9.17) is 0 Å². The third-order valence-electron chi connectivity index (χ3n) is 2.37. The Bertz CT molecular complexity index is 392. The van der Waals surface area contributed by atoms with Gasteiger partial charge in [-0.2, -0.15) is 13.2 Å². The first-order valence-corrected chi connectivity index (χ1v) is 4.44. The van der Waals surface area contributed by atoms with Crippen molar-refractivity contribution in [1.82, 2.24) is 5.32 Å². The van der Waals surface area contributed by atoms with Crippen LogP contribution in [-0.4, -0.2) is 5.91 Å². The van der Waals surface area contributed by atoms with Crippen LogP contribution in [-0.2, 0) is 11.0 Å². The van der Waals surface area contributed by atoms with E-state index in [2.05, 4.69) is 5.32 Å². The van der Waals surface area contributed by atoms with Gasteiger partial charge in [0.2, 0.25) is 5.91 Å². The number of rotatable bonds is 1. The van der Waals surface area contributed by atoms with Gasteiger partial charge >= 0.3 is 6.18 Å². The Balaban J connectivity index is 2.35. The lowest BCUT2D eigenvalue weighted by Crippen LogP contribution is -2.42. The molecule has 1 fully saturated rings. The summed E-state index contributed by atoms with van der Waals surface area (Å²) in [4.78, 5) is 10.7. The molecule has 2 nitrogen and oxygen atoms in total. The fraction of sp³-hybridized carbons (Fsp3) is 0.300. The van der Waals surface area contributed by atoms with Crippen LogP contribution in [0.5, 0.6) is 0 Å². The van der Waals surface area contributed by atoms with Crippen molar-refractivity contribution in [2.75, 3.05) is 0 Å². The quantitative estimate of drug-likeness (QED) is 0.715. The van der Waals surface area contributed by atoms with Gasteiger partial charge in [-0.1, -0.05) is 18.2 Å². The highest BCUT2D eigenvalue weighted by atomic mass is 19.4. The molecule has 1 atom stereocenters. The second-order valence-corrected chi connectivity index (χ2v) is 3.41. The molecular formula is C10H8F3NO. The first-order valence-electron chi connectivity index (χ1n) is 4.44. The van der Waals surface area contributed by atoms with Crippen LogP contribution in [0.15, 0.2) is 24.3 Å². The number of halogens is 3. The second kappa shape index (κ2) is 3.25. The summed E-state index contributed by atoms with van der Waals surface area (Å²) in [5.74, 6) is -0.211. The molecule has 1 aromatic carbocycles. The van der Waals surface area contributed by atoms with Gasteiger partial charge in [0, 0.05) is 0 Å². The minimum atomic E-state index is -4.36. The number of nitrogens with one attached hydrogen (secondary N) is 1. The summed E-state index contributed by atoms with van der Waals surface area (Å²) in [6, 6.07) is 4.81. The standard InChI is InChI=1S/C10H8F3NO/c11-10(12,13)7-4-2-1-3-6(7)8-5-9(15)14-8/h1-4,8H,5H2,(H,14,15). The van der Waals surface area contributed by atoms with E-state index in [0.717, 1.165) is 6.07 Å². The number of amides is 1. The maximum absolute atomic E-state index is 12.6. The molecule has 1 unspecified atom stereocenters. The Morgan fingerprint density at radius 2 is 1.87 bits per heavy atom. The lowest BCUT2D eigenvalue weighted by Gasteiger charge is -2.29. The molecule has 1 N–H and O–H groups in total. The smallest absolute Gasteiger partial charge is 0.349 e. The van der Waals surface area contributed by atoms with Gasteiger partial charge in [0.1, 0.15) is 0 Å². The van der Waals surface area contributed by atoms with Crippen molar-refractivity contribution in [2.45, 2.75) is 18.6 Å². The molecule has 1 aliphatic heterocycles. The second-order valence-electron chi connectivity index (χ2n) is 3.41. The average Bonchev–Trinajstić information content (AvgIpc) is 2.12. The van der Waals surface area contributed by atoms with E-state index in [0.29, 0.717) is 0 Å². The van der Waals surface area contributed by atoms with Crippen LogP contribution in [0.3, 0.4) is 0 Å². The molecule has 0 aromatic heterocycles. The SMILES string of the molecule is O=C1CC(c2ccccc2C(F)(F)F)N1. The monoisotopic (exact) mass is 215 g/mol. The molecule has 1 heterocycles. The molecule has 5 heteroatoms. The fourth-order valence-corrected chi connectivity index (χ4v) is 1.61. The topological polar surface area (TPSA) is 29.1 Å². The molecule has 1 saturated heterocycles. The number of carbonyl (C=O) groups is 1. The first kappa shape index (κ1) is 10.0. The zero-order chi connectivity index (χ0) is 11.1. The summed E-state index contributed by atoms with van der Waals surface area (Å²) in [5.41, 5.74) is -0.528. The van der Waals surface area contributed by atoms with Crippen LogP contribution < -0.4 is 5.32 Å². The van der Waals surface area contributed by atoms with Crippen molar-refractivity contribution in [1.29, 1.82) is 0 Å². The molecule has 80 valence electrons. The van der Waals surface area contributed by atoms with Crippen LogP contribution in [0, 0.1) is 0 Å². The molecule has 0 radical (unpaired) electrons. The van der Waals surface area contributed by atoms with Gasteiger partial charge in [-0.3, -0.25) is 4.79 Å². The number of carbonyl (C=O) groups excluding carboxylic acids is 1. The Hall–Kier alpha value is -1.52. The normalized spacial score (nSPS) is 20.7. The highest BCUT2D eigenvalue weighted by Gasteiger charge is 2.38. The molecule has 2 rings (SSSR count). The highest BCUT2D eigenvalue weighted by molar-refractivity contribution is 5.83. The van der Waals surface area contributed by atoms with Gasteiger partial charge in [-0.15, -0.1) is 0 Å². The van der Waals surface area contributed by atoms with E-state index in [1.54, 1.807) is 0 Å². The molecule has 1 aliphatic rings. The Morgan fingerprint density at radius 1 is 1.27 bits per heavy atom. The lowest BCUT2D eigenvalue weighted by atomic mass is 9.93. The largest absolute Gasteiger partial charge is 0.416 e. The Labute approximate surface area is 84.1 Å². The van der Waals surface area contributed by atoms with E-state index in [1.807, 2.05) is 0 Å². The van der Waals surface area contributed by atoms with Crippen molar-refractivity contribution >= 4 is 5.91 Å². The van der Waals surface area contributed by atoms with E-state index in [-0.39, 0.29) is 17.9 Å². The summed E-state index contributed by atoms with van der Waals surface area (Å²) in [7, 11) is 0. The maximum atomic E-state index is 12.6. The predicted octanol–water partition coefficient (Wildman–Crippen LogP) is 2.27. The summed E-state index contributed by atoms with van der Waals surface area (Å²) < 4.78 is 37.7. The van der Waals surface area contributed by atoms with Gasteiger partial charge in [-0.25, -0.2) is 0 Å². The van der Waals surface area contributed by atoms with E-state index in [9.17, 15) is 18.0 Å². The molecule has 1 amide bonds. The van der Waals surface area contributed by atoms with Crippen molar-refractivity contribution in [3.63, 3.8) is 0 Å². The number of hydrogen-bond acceptors (Lipinski definition) is 1. The van der Waals surface area contributed by atoms with Crippen LogP contribution in [0.25, 0.3) is 0 Å². The average molecular weight is 215 g/mol. The fourth-order valence-electron chi connectivity index (χ4n) is 1.61. The van der Waals surface area contributed by atoms with Crippen molar-refractivity contribution < 1.29 is 18.0 Å². The summed E-state index contributed by atoms with van der Waals surface area (Å²) in [5, 5.41) is 2.43. The van der Waals surface area contributed by atoms with Gasteiger partial charge in [0.15, 0.2) is 0 Å². The molecule has 0 saturated carbocycles. The third kappa shape index (κ3) is 1.82. The van der Waals surface area contributed by atoms with E-state index < -0.39 is 17.8 Å². The minimum Gasteiger partial charge on any atom is -0.349 e. The van der Waals surface area contributed by atoms with Crippen LogP contribution in [0.1, 0.15) is 23.6 Å². The third-order valence-corrected chi connectivity index (χ3v) is 2.37. The molecule has 0 spiro atoms. The van der Waals surface area contributed by atoms with E-state index in [1.165, 1.54) is 18.2 Å². The van der Waals surface area contributed by atoms with E-state index >= 15 is 0 Å². The Morgan fingerprint density at radius 3 is 2.40 bits per heavy atom. The molecule has 1 aromatic rings. The first-order chi connectivity index (χ1) is 6.98. The van der Waals surface area contributed by atoms with Gasteiger partial charge in [-0.05, 0) is 11.6 Å². The van der Waals surface area contributed by atoms with Crippen molar-refractivity contribution in [3.05, 3.63) is 35.4 Å². The highest BCUT2D eigenvalue weighted by Crippen LogP contribution is 2.37. The summed E-state index contributed by atoms with van der Waals surface area (Å²) in [6.45, 7) is 0. The number of alkyl halides is 3. The Kier molecular flexibility index (Phi) is 2.17. The summed E-state index contributed by atoms with van der Waals surface area (Å²) in [6.07, 6.45) is -4.23. The zero-order valence-corrected chi connectivity index (χ0v) is 7.64. The lowest BCUT2D eigenvalue weighted by molar-refractivity contribution is -0.140. The van der Waals surface area contributed by atoms with Crippen LogP contribution in [0.2, 0.25) is 0 Å². The molecular weight excluding hydrogens is 207 g/mol. The number of β-lactam (4-membered cyclic amide) rings is 1. The van der Waals surface area contributed by atoms with Gasteiger partial charge in [0.05, 0.1) is 18.0 Å². The molecule has 0 aliphatic carbocycles. The van der Waals surface area contributed by atoms with Crippen LogP contribution in [0.4, 0.5) is 13.2 Å². The minimum absolute atomic E-state index is 0.132. The van der Waals surface area contributed by atoms with Gasteiger partial charge < -0.3 is 5.32 Å². The van der Waals surface area contributed by atoms with Crippen molar-refractivity contribution in [3.8, 4) is 0 Å². The zero-order valence-electron chi connectivity index (χ0n) is 7.64. The predicted molar refractivity (Wildman–Crippen MR) is 46.9 cm³/mol. The molecule has 0 bridgehead atoms.